The number of nitrogens with two attached hydrogens (primary N) is 1. The normalized spacial score (nSPS) is 11.1. The number of nitrogens with zero attached hydrogens (tertiary/aromatic N) is 2. The molecule has 0 unspecified atom stereocenters. The Morgan fingerprint density at radius 2 is 1.56 bits per heavy atom. The highest BCUT2D eigenvalue weighted by Crippen LogP contribution is 2.26. The monoisotopic (exact) mass is 356 g/mol. The Labute approximate surface area is 136 Å². The van der Waals surface area contributed by atoms with Gasteiger partial charge < -0.3 is 0 Å². The molecule has 25 heavy (non-hydrogen) atoms. The number of fused-ring (bicyclic) bond motifs is 1. The molecule has 0 aliphatic heterocycles. The predicted octanol–water partition coefficient (Wildman–Crippen LogP) is 2.38. The number of nitrogens with one attached hydrogen (secondary N) is 1. The van der Waals surface area contributed by atoms with Crippen LogP contribution in [0.4, 0.5) is 22.0 Å². The Kier molecular flexibility index (Phi) is 4.13. The molecule has 0 saturated heterocycles. The zero-order chi connectivity index (χ0) is 18.3. The second-order valence-electron chi connectivity index (χ2n) is 5.05. The molecule has 3 rings (SSSR count). The topological polar surface area (TPSA) is 72.9 Å². The zero-order valence-electron chi connectivity index (χ0n) is 12.3. The second kappa shape index (κ2) is 6.13. The van der Waals surface area contributed by atoms with Gasteiger partial charge in [-0.05, 0) is 6.07 Å². The molecule has 5 nitrogen and oxygen atoms in total. The molecule has 130 valence electrons. The smallest absolute Gasteiger partial charge is 0.286 e. The number of rotatable bonds is 3. The molecule has 3 aromatic rings. The van der Waals surface area contributed by atoms with Crippen molar-refractivity contribution in [2.75, 3.05) is 0 Å². The minimum Gasteiger partial charge on any atom is -0.289 e. The summed E-state index contributed by atoms with van der Waals surface area (Å²) in [5.41, 5.74) is 0.905. The van der Waals surface area contributed by atoms with Crippen molar-refractivity contribution >= 4 is 16.8 Å². The number of aromatic nitrogens is 2. The Bertz CT molecular complexity index is 972. The van der Waals surface area contributed by atoms with Gasteiger partial charge in [-0.2, -0.15) is 5.10 Å². The summed E-state index contributed by atoms with van der Waals surface area (Å²) in [6, 6.07) is 6.12. The average Bonchev–Trinajstić information content (AvgIpc) is 3.00. The standard InChI is InChI=1S/C15H9F5N4O/c16-9-7(10(17)12(19)13(20)11(9)18)5-24-8-4-2-1-3-6(8)14(23-24)15(25)22-21/h1-4H,5,21H2,(H,22,25). The maximum absolute atomic E-state index is 13.9. The lowest BCUT2D eigenvalue weighted by Gasteiger charge is -2.09. The molecule has 0 bridgehead atoms. The van der Waals surface area contributed by atoms with E-state index in [0.717, 1.165) is 4.68 Å². The Morgan fingerprint density at radius 1 is 1.00 bits per heavy atom. The number of halogens is 5. The highest BCUT2D eigenvalue weighted by atomic mass is 19.2. The van der Waals surface area contributed by atoms with E-state index in [1.807, 2.05) is 5.43 Å². The van der Waals surface area contributed by atoms with Crippen molar-refractivity contribution in [3.8, 4) is 0 Å². The highest BCUT2D eigenvalue weighted by Gasteiger charge is 2.27. The Balaban J connectivity index is 2.19. The van der Waals surface area contributed by atoms with Crippen LogP contribution in [0.2, 0.25) is 0 Å². The molecule has 2 aromatic carbocycles. The summed E-state index contributed by atoms with van der Waals surface area (Å²) in [4.78, 5) is 11.8. The van der Waals surface area contributed by atoms with Crippen molar-refractivity contribution in [1.82, 2.24) is 15.2 Å². The van der Waals surface area contributed by atoms with Crippen molar-refractivity contribution in [1.29, 1.82) is 0 Å². The number of carbonyl (C=O) groups is 1. The van der Waals surface area contributed by atoms with Crippen LogP contribution in [0.3, 0.4) is 0 Å². The highest BCUT2D eigenvalue weighted by molar-refractivity contribution is 6.04. The minimum atomic E-state index is -2.24. The Hall–Kier alpha value is -3.01. The third-order valence-electron chi connectivity index (χ3n) is 3.61. The van der Waals surface area contributed by atoms with Crippen LogP contribution in [0.1, 0.15) is 16.1 Å². The van der Waals surface area contributed by atoms with E-state index < -0.39 is 47.1 Å². The number of para-hydroxylation sites is 1. The number of hydrogen-bond acceptors (Lipinski definition) is 3. The quantitative estimate of drug-likeness (QED) is 0.189. The molecule has 0 spiro atoms. The summed E-state index contributed by atoms with van der Waals surface area (Å²) in [6.45, 7) is -0.774. The molecular weight excluding hydrogens is 347 g/mol. The lowest BCUT2D eigenvalue weighted by Crippen LogP contribution is -2.30. The molecule has 1 heterocycles. The van der Waals surface area contributed by atoms with E-state index in [-0.39, 0.29) is 11.2 Å². The number of hydrogen-bond donors (Lipinski definition) is 2. The van der Waals surface area contributed by atoms with E-state index in [4.69, 9.17) is 5.84 Å². The van der Waals surface area contributed by atoms with Gasteiger partial charge in [0.2, 0.25) is 5.82 Å². The summed E-state index contributed by atoms with van der Waals surface area (Å²) in [5, 5.41) is 4.17. The van der Waals surface area contributed by atoms with Gasteiger partial charge in [-0.25, -0.2) is 27.8 Å². The average molecular weight is 356 g/mol. The van der Waals surface area contributed by atoms with Crippen LogP contribution in [0.25, 0.3) is 10.9 Å². The van der Waals surface area contributed by atoms with Crippen molar-refractivity contribution in [2.24, 2.45) is 5.84 Å². The van der Waals surface area contributed by atoms with Gasteiger partial charge in [-0.15, -0.1) is 0 Å². The molecule has 3 N–H and O–H groups in total. The first-order valence-electron chi connectivity index (χ1n) is 6.83. The lowest BCUT2D eigenvalue weighted by atomic mass is 10.1. The van der Waals surface area contributed by atoms with Crippen molar-refractivity contribution in [2.45, 2.75) is 6.54 Å². The SMILES string of the molecule is NNC(=O)c1nn(Cc2c(F)c(F)c(F)c(F)c2F)c2ccccc12. The third kappa shape index (κ3) is 2.60. The fourth-order valence-corrected chi connectivity index (χ4v) is 2.42. The number of amides is 1. The van der Waals surface area contributed by atoms with Crippen LogP contribution < -0.4 is 11.3 Å². The van der Waals surface area contributed by atoms with Gasteiger partial charge in [0.05, 0.1) is 17.6 Å². The van der Waals surface area contributed by atoms with Crippen LogP contribution in [0.15, 0.2) is 24.3 Å². The molecule has 0 radical (unpaired) electrons. The molecule has 0 atom stereocenters. The molecular formula is C15H9F5N4O. The van der Waals surface area contributed by atoms with E-state index in [1.165, 1.54) is 12.1 Å². The third-order valence-corrected chi connectivity index (χ3v) is 3.61. The summed E-state index contributed by atoms with van der Waals surface area (Å²) in [5.74, 6) is -5.98. The minimum absolute atomic E-state index is 0.151. The fourth-order valence-electron chi connectivity index (χ4n) is 2.42. The lowest BCUT2D eigenvalue weighted by molar-refractivity contribution is 0.0949. The summed E-state index contributed by atoms with van der Waals surface area (Å²) >= 11 is 0. The van der Waals surface area contributed by atoms with Crippen LogP contribution in [0.5, 0.6) is 0 Å². The molecule has 0 aliphatic rings. The zero-order valence-corrected chi connectivity index (χ0v) is 12.3. The van der Waals surface area contributed by atoms with Gasteiger partial charge in [0.15, 0.2) is 29.0 Å². The van der Waals surface area contributed by atoms with Gasteiger partial charge in [0.1, 0.15) is 0 Å². The first kappa shape index (κ1) is 16.8. The fraction of sp³-hybridized carbons (Fsp3) is 0.0667. The van der Waals surface area contributed by atoms with Crippen molar-refractivity contribution in [3.05, 3.63) is 64.6 Å². The van der Waals surface area contributed by atoms with Crippen molar-refractivity contribution < 1.29 is 26.7 Å². The van der Waals surface area contributed by atoms with Gasteiger partial charge in [0, 0.05) is 5.39 Å². The van der Waals surface area contributed by atoms with Crippen LogP contribution in [0, 0.1) is 29.1 Å². The van der Waals surface area contributed by atoms with Gasteiger partial charge in [0.25, 0.3) is 5.91 Å². The Morgan fingerprint density at radius 3 is 2.16 bits per heavy atom. The van der Waals surface area contributed by atoms with E-state index in [2.05, 4.69) is 5.10 Å². The second-order valence-corrected chi connectivity index (χ2v) is 5.05. The maximum atomic E-state index is 13.9. The predicted molar refractivity (Wildman–Crippen MR) is 76.7 cm³/mol. The molecule has 0 aliphatic carbocycles. The molecule has 0 saturated carbocycles. The van der Waals surface area contributed by atoms with Crippen LogP contribution >= 0.6 is 0 Å². The van der Waals surface area contributed by atoms with Gasteiger partial charge in [-0.3, -0.25) is 14.9 Å². The first-order chi connectivity index (χ1) is 11.9. The molecule has 1 aromatic heterocycles. The van der Waals surface area contributed by atoms with Gasteiger partial charge >= 0.3 is 0 Å². The number of benzene rings is 2. The maximum Gasteiger partial charge on any atom is 0.286 e. The molecule has 0 fully saturated rings. The van der Waals surface area contributed by atoms with Gasteiger partial charge in [-0.1, -0.05) is 18.2 Å². The van der Waals surface area contributed by atoms with E-state index in [1.54, 1.807) is 12.1 Å². The summed E-state index contributed by atoms with van der Waals surface area (Å²) in [6.07, 6.45) is 0. The van der Waals surface area contributed by atoms with E-state index in [9.17, 15) is 26.7 Å². The molecule has 10 heteroatoms. The number of carbonyl (C=O) groups excluding carboxylic acids is 1. The van der Waals surface area contributed by atoms with Crippen LogP contribution in [-0.4, -0.2) is 15.7 Å². The first-order valence-corrected chi connectivity index (χ1v) is 6.83. The van der Waals surface area contributed by atoms with E-state index in [0.29, 0.717) is 5.39 Å². The molecule has 1 amide bonds. The summed E-state index contributed by atoms with van der Waals surface area (Å²) in [7, 11) is 0. The largest absolute Gasteiger partial charge is 0.289 e. The van der Waals surface area contributed by atoms with Crippen LogP contribution in [-0.2, 0) is 6.54 Å². The summed E-state index contributed by atoms with van der Waals surface area (Å²) < 4.78 is 68.5. The van der Waals surface area contributed by atoms with Crippen molar-refractivity contribution in [3.63, 3.8) is 0 Å². The number of nitrogen functional groups attached to an aromatic ring is 1. The number of hydrazine groups is 1. The van der Waals surface area contributed by atoms with E-state index >= 15 is 0 Å².